The molecule has 2 rings (SSSR count). The van der Waals surface area contributed by atoms with E-state index in [-0.39, 0.29) is 5.54 Å². The fourth-order valence-electron chi connectivity index (χ4n) is 1.46. The fraction of sp³-hybridized carbons (Fsp3) is 0.455. The van der Waals surface area contributed by atoms with Crippen LogP contribution in [0.1, 0.15) is 25.3 Å². The number of sulfonamides is 1. The first-order chi connectivity index (χ1) is 7.32. The van der Waals surface area contributed by atoms with Crippen molar-refractivity contribution in [3.05, 3.63) is 28.2 Å². The summed E-state index contributed by atoms with van der Waals surface area (Å²) in [6, 6.07) is 5.06. The second kappa shape index (κ2) is 3.82. The SMILES string of the molecule is Cc1cc(S(=O)(=O)NC2(C)CC2)ccc1Br. The molecule has 0 heterocycles. The number of hydrogen-bond donors (Lipinski definition) is 1. The van der Waals surface area contributed by atoms with Gasteiger partial charge in [-0.1, -0.05) is 15.9 Å². The molecule has 0 radical (unpaired) electrons. The van der Waals surface area contributed by atoms with Gasteiger partial charge in [-0.3, -0.25) is 0 Å². The van der Waals surface area contributed by atoms with Gasteiger partial charge < -0.3 is 0 Å². The molecule has 0 bridgehead atoms. The van der Waals surface area contributed by atoms with Gasteiger partial charge in [-0.05, 0) is 50.5 Å². The maximum Gasteiger partial charge on any atom is 0.241 e. The van der Waals surface area contributed by atoms with Gasteiger partial charge in [0.2, 0.25) is 10.0 Å². The van der Waals surface area contributed by atoms with Crippen molar-refractivity contribution in [2.75, 3.05) is 0 Å². The lowest BCUT2D eigenvalue weighted by atomic mass is 10.2. The van der Waals surface area contributed by atoms with Gasteiger partial charge in [-0.15, -0.1) is 0 Å². The monoisotopic (exact) mass is 303 g/mol. The fourth-order valence-corrected chi connectivity index (χ4v) is 3.25. The summed E-state index contributed by atoms with van der Waals surface area (Å²) in [5.74, 6) is 0. The van der Waals surface area contributed by atoms with E-state index in [1.807, 2.05) is 13.8 Å². The average Bonchev–Trinajstić information content (AvgIpc) is 2.86. The minimum Gasteiger partial charge on any atom is -0.207 e. The van der Waals surface area contributed by atoms with Crippen LogP contribution >= 0.6 is 15.9 Å². The Morgan fingerprint density at radius 3 is 2.50 bits per heavy atom. The second-order valence-corrected chi connectivity index (χ2v) is 7.11. The van der Waals surface area contributed by atoms with E-state index in [2.05, 4.69) is 20.7 Å². The van der Waals surface area contributed by atoms with E-state index >= 15 is 0 Å². The Balaban J connectivity index is 2.32. The van der Waals surface area contributed by atoms with Gasteiger partial charge in [0.05, 0.1) is 4.90 Å². The molecular formula is C11H14BrNO2S. The van der Waals surface area contributed by atoms with Gasteiger partial charge in [0.25, 0.3) is 0 Å². The third-order valence-corrected chi connectivity index (χ3v) is 5.35. The van der Waals surface area contributed by atoms with Crippen LogP contribution in [0.5, 0.6) is 0 Å². The van der Waals surface area contributed by atoms with Crippen LogP contribution in [0.3, 0.4) is 0 Å². The Kier molecular flexibility index (Phi) is 2.88. The predicted molar refractivity (Wildman–Crippen MR) is 66.8 cm³/mol. The average molecular weight is 304 g/mol. The first kappa shape index (κ1) is 12.1. The van der Waals surface area contributed by atoms with Crippen molar-refractivity contribution >= 4 is 26.0 Å². The molecule has 0 atom stereocenters. The lowest BCUT2D eigenvalue weighted by Gasteiger charge is -2.12. The van der Waals surface area contributed by atoms with Gasteiger partial charge in [0.15, 0.2) is 0 Å². The van der Waals surface area contributed by atoms with Crippen molar-refractivity contribution in [2.24, 2.45) is 0 Å². The van der Waals surface area contributed by atoms with Gasteiger partial charge in [0, 0.05) is 10.0 Å². The Labute approximate surface area is 104 Å². The molecule has 0 spiro atoms. The van der Waals surface area contributed by atoms with Gasteiger partial charge in [-0.2, -0.15) is 0 Å². The van der Waals surface area contributed by atoms with E-state index in [0.717, 1.165) is 22.9 Å². The summed E-state index contributed by atoms with van der Waals surface area (Å²) in [6.45, 7) is 3.80. The van der Waals surface area contributed by atoms with Crippen LogP contribution in [0.25, 0.3) is 0 Å². The molecule has 1 aromatic carbocycles. The topological polar surface area (TPSA) is 46.2 Å². The number of aryl methyl sites for hydroxylation is 1. The predicted octanol–water partition coefficient (Wildman–Crippen LogP) is 2.59. The zero-order chi connectivity index (χ0) is 12.0. The summed E-state index contributed by atoms with van der Waals surface area (Å²) in [5.41, 5.74) is 0.698. The zero-order valence-electron chi connectivity index (χ0n) is 9.25. The van der Waals surface area contributed by atoms with E-state index < -0.39 is 10.0 Å². The van der Waals surface area contributed by atoms with Gasteiger partial charge in [0.1, 0.15) is 0 Å². The van der Waals surface area contributed by atoms with Crippen molar-refractivity contribution in [3.8, 4) is 0 Å². The summed E-state index contributed by atoms with van der Waals surface area (Å²) in [4.78, 5) is 0.335. The maximum absolute atomic E-state index is 12.0. The van der Waals surface area contributed by atoms with E-state index in [9.17, 15) is 8.42 Å². The van der Waals surface area contributed by atoms with Crippen molar-refractivity contribution in [1.29, 1.82) is 0 Å². The van der Waals surface area contributed by atoms with Gasteiger partial charge >= 0.3 is 0 Å². The Morgan fingerprint density at radius 2 is 2.00 bits per heavy atom. The molecule has 1 aromatic rings. The second-order valence-electron chi connectivity index (χ2n) is 4.58. The molecule has 0 saturated heterocycles. The molecule has 1 aliphatic rings. The first-order valence-electron chi connectivity index (χ1n) is 5.13. The van der Waals surface area contributed by atoms with E-state index in [0.29, 0.717) is 4.90 Å². The Bertz CT molecular complexity index is 521. The van der Waals surface area contributed by atoms with Crippen LogP contribution in [0, 0.1) is 6.92 Å². The summed E-state index contributed by atoms with van der Waals surface area (Å²) in [6.07, 6.45) is 1.84. The van der Waals surface area contributed by atoms with Gasteiger partial charge in [-0.25, -0.2) is 13.1 Å². The third-order valence-electron chi connectivity index (χ3n) is 2.82. The van der Waals surface area contributed by atoms with Crippen molar-refractivity contribution in [1.82, 2.24) is 4.72 Å². The standard InChI is InChI=1S/C11H14BrNO2S/c1-8-7-9(3-4-10(8)12)16(14,15)13-11(2)5-6-11/h3-4,7,13H,5-6H2,1-2H3. The molecular weight excluding hydrogens is 290 g/mol. The molecule has 1 fully saturated rings. The van der Waals surface area contributed by atoms with Crippen LogP contribution in [-0.2, 0) is 10.0 Å². The Hall–Kier alpha value is -0.390. The summed E-state index contributed by atoms with van der Waals surface area (Å²) in [7, 11) is -3.37. The lowest BCUT2D eigenvalue weighted by Crippen LogP contribution is -2.34. The molecule has 88 valence electrons. The number of benzene rings is 1. The van der Waals surface area contributed by atoms with Crippen LogP contribution in [0.15, 0.2) is 27.6 Å². The molecule has 16 heavy (non-hydrogen) atoms. The maximum atomic E-state index is 12.0. The molecule has 5 heteroatoms. The highest BCUT2D eigenvalue weighted by molar-refractivity contribution is 9.10. The molecule has 0 amide bonds. The van der Waals surface area contributed by atoms with Crippen molar-refractivity contribution in [2.45, 2.75) is 37.1 Å². The third kappa shape index (κ3) is 2.47. The van der Waals surface area contributed by atoms with Crippen LogP contribution in [0.4, 0.5) is 0 Å². The zero-order valence-corrected chi connectivity index (χ0v) is 11.7. The molecule has 0 aromatic heterocycles. The molecule has 1 saturated carbocycles. The Morgan fingerprint density at radius 1 is 1.38 bits per heavy atom. The number of rotatable bonds is 3. The summed E-state index contributed by atoms with van der Waals surface area (Å²) < 4.78 is 27.7. The van der Waals surface area contributed by atoms with E-state index in [1.54, 1.807) is 18.2 Å². The normalized spacial score (nSPS) is 18.4. The highest BCUT2D eigenvalue weighted by Crippen LogP contribution is 2.36. The molecule has 1 N–H and O–H groups in total. The van der Waals surface area contributed by atoms with E-state index in [1.165, 1.54) is 0 Å². The summed E-state index contributed by atoms with van der Waals surface area (Å²) in [5, 5.41) is 0. The minimum atomic E-state index is -3.37. The number of nitrogens with one attached hydrogen (secondary N) is 1. The van der Waals surface area contributed by atoms with Crippen molar-refractivity contribution in [3.63, 3.8) is 0 Å². The highest BCUT2D eigenvalue weighted by Gasteiger charge is 2.41. The number of hydrogen-bond acceptors (Lipinski definition) is 2. The first-order valence-corrected chi connectivity index (χ1v) is 7.40. The minimum absolute atomic E-state index is 0.222. The highest BCUT2D eigenvalue weighted by atomic mass is 79.9. The molecule has 3 nitrogen and oxygen atoms in total. The van der Waals surface area contributed by atoms with Crippen LogP contribution < -0.4 is 4.72 Å². The number of halogens is 1. The largest absolute Gasteiger partial charge is 0.241 e. The van der Waals surface area contributed by atoms with Crippen molar-refractivity contribution < 1.29 is 8.42 Å². The van der Waals surface area contributed by atoms with Crippen LogP contribution in [-0.4, -0.2) is 14.0 Å². The molecule has 1 aliphatic carbocycles. The smallest absolute Gasteiger partial charge is 0.207 e. The van der Waals surface area contributed by atoms with E-state index in [4.69, 9.17) is 0 Å². The molecule has 0 aliphatic heterocycles. The van der Waals surface area contributed by atoms with Crippen LogP contribution in [0.2, 0.25) is 0 Å². The molecule has 0 unspecified atom stereocenters. The summed E-state index contributed by atoms with van der Waals surface area (Å²) >= 11 is 3.35. The quantitative estimate of drug-likeness (QED) is 0.933. The lowest BCUT2D eigenvalue weighted by molar-refractivity contribution is 0.558.